The van der Waals surface area contributed by atoms with Crippen LogP contribution in [0.25, 0.3) is 0 Å². The van der Waals surface area contributed by atoms with Crippen molar-refractivity contribution in [2.24, 2.45) is 11.3 Å². The van der Waals surface area contributed by atoms with Crippen molar-refractivity contribution < 1.29 is 14.6 Å². The van der Waals surface area contributed by atoms with Crippen LogP contribution in [0.4, 0.5) is 0 Å². The molecule has 18 heavy (non-hydrogen) atoms. The molecule has 1 saturated carbocycles. The number of esters is 1. The van der Waals surface area contributed by atoms with Gasteiger partial charge in [-0.1, -0.05) is 13.8 Å². The van der Waals surface area contributed by atoms with Crippen molar-refractivity contribution in [2.75, 3.05) is 7.11 Å². The molecule has 0 aliphatic heterocycles. The molecule has 2 atom stereocenters. The Morgan fingerprint density at radius 2 is 2.33 bits per heavy atom. The molecule has 0 radical (unpaired) electrons. The first kappa shape index (κ1) is 13.1. The Bertz CT molecular complexity index is 427. The van der Waals surface area contributed by atoms with E-state index >= 15 is 0 Å². The number of carbonyl (C=O) groups excluding carboxylic acids is 1. The van der Waals surface area contributed by atoms with E-state index in [0.29, 0.717) is 19.3 Å². The zero-order chi connectivity index (χ0) is 13.4. The highest BCUT2D eigenvalue weighted by atomic mass is 16.5. The van der Waals surface area contributed by atoms with Gasteiger partial charge in [-0.25, -0.2) is 4.98 Å². The molecule has 1 aliphatic rings. The number of H-pyrrole nitrogens is 1. The first-order chi connectivity index (χ1) is 8.39. The Kier molecular flexibility index (Phi) is 3.19. The SMILES string of the molecule is COC(=O)[C@@H]1CC[C@](O)(c2cnc[nH]2)CC1(C)C. The molecule has 1 fully saturated rings. The van der Waals surface area contributed by atoms with Gasteiger partial charge in [-0.3, -0.25) is 4.79 Å². The fourth-order valence-electron chi connectivity index (χ4n) is 3.06. The molecule has 100 valence electrons. The summed E-state index contributed by atoms with van der Waals surface area (Å²) in [6.07, 6.45) is 4.89. The quantitative estimate of drug-likeness (QED) is 0.784. The van der Waals surface area contributed by atoms with Crippen LogP contribution in [0.15, 0.2) is 12.5 Å². The van der Waals surface area contributed by atoms with Crippen molar-refractivity contribution in [1.29, 1.82) is 0 Å². The molecular formula is C13H20N2O3. The molecule has 0 amide bonds. The van der Waals surface area contributed by atoms with Crippen LogP contribution in [0.3, 0.4) is 0 Å². The van der Waals surface area contributed by atoms with E-state index in [9.17, 15) is 9.90 Å². The molecule has 0 unspecified atom stereocenters. The summed E-state index contributed by atoms with van der Waals surface area (Å²) in [7, 11) is 1.41. The second kappa shape index (κ2) is 4.39. The monoisotopic (exact) mass is 252 g/mol. The minimum absolute atomic E-state index is 0.161. The molecule has 1 aliphatic carbocycles. The molecule has 2 N–H and O–H groups in total. The summed E-state index contributed by atoms with van der Waals surface area (Å²) in [4.78, 5) is 18.7. The van der Waals surface area contributed by atoms with E-state index in [1.54, 1.807) is 12.5 Å². The number of imidazole rings is 1. The third-order valence-electron chi connectivity index (χ3n) is 4.02. The number of nitrogens with one attached hydrogen (secondary N) is 1. The lowest BCUT2D eigenvalue weighted by atomic mass is 9.62. The van der Waals surface area contributed by atoms with Crippen LogP contribution < -0.4 is 0 Å². The van der Waals surface area contributed by atoms with Gasteiger partial charge in [-0.2, -0.15) is 0 Å². The fourth-order valence-corrected chi connectivity index (χ4v) is 3.06. The van der Waals surface area contributed by atoms with Gasteiger partial charge >= 0.3 is 5.97 Å². The van der Waals surface area contributed by atoms with Gasteiger partial charge < -0.3 is 14.8 Å². The molecule has 0 aromatic carbocycles. The van der Waals surface area contributed by atoms with Gasteiger partial charge in [-0.15, -0.1) is 0 Å². The fraction of sp³-hybridized carbons (Fsp3) is 0.692. The summed E-state index contributed by atoms with van der Waals surface area (Å²) in [6.45, 7) is 3.99. The number of aromatic nitrogens is 2. The number of rotatable bonds is 2. The van der Waals surface area contributed by atoms with Crippen molar-refractivity contribution in [2.45, 2.75) is 38.7 Å². The van der Waals surface area contributed by atoms with E-state index in [2.05, 4.69) is 9.97 Å². The number of ether oxygens (including phenoxy) is 1. The standard InChI is InChI=1S/C13H20N2O3/c1-12(2)7-13(17,10-6-14-8-15-10)5-4-9(12)11(16)18-3/h6,8-9,17H,4-5,7H2,1-3H3,(H,14,15)/t9-,13+/m0/s1. The molecule has 0 bridgehead atoms. The van der Waals surface area contributed by atoms with Crippen molar-refractivity contribution in [3.8, 4) is 0 Å². The molecular weight excluding hydrogens is 232 g/mol. The van der Waals surface area contributed by atoms with Crippen LogP contribution in [0.5, 0.6) is 0 Å². The van der Waals surface area contributed by atoms with E-state index in [4.69, 9.17) is 4.74 Å². The smallest absolute Gasteiger partial charge is 0.309 e. The summed E-state index contributed by atoms with van der Waals surface area (Å²) < 4.78 is 4.84. The minimum Gasteiger partial charge on any atom is -0.469 e. The summed E-state index contributed by atoms with van der Waals surface area (Å²) in [6, 6.07) is 0. The Labute approximate surface area is 107 Å². The highest BCUT2D eigenvalue weighted by Crippen LogP contribution is 2.49. The molecule has 1 aromatic heterocycles. The number of nitrogens with zero attached hydrogens (tertiary/aromatic N) is 1. The number of aromatic amines is 1. The maximum atomic E-state index is 11.8. The first-order valence-electron chi connectivity index (χ1n) is 6.18. The average molecular weight is 252 g/mol. The van der Waals surface area contributed by atoms with Gasteiger partial charge in [0.25, 0.3) is 0 Å². The van der Waals surface area contributed by atoms with Crippen LogP contribution in [-0.4, -0.2) is 28.2 Å². The van der Waals surface area contributed by atoms with Crippen LogP contribution in [0.1, 0.15) is 38.8 Å². The molecule has 0 spiro atoms. The maximum Gasteiger partial charge on any atom is 0.309 e. The molecule has 1 aromatic rings. The predicted octanol–water partition coefficient (Wildman–Crippen LogP) is 1.60. The number of carbonyl (C=O) groups is 1. The van der Waals surface area contributed by atoms with Crippen molar-refractivity contribution in [3.63, 3.8) is 0 Å². The molecule has 0 saturated heterocycles. The summed E-state index contributed by atoms with van der Waals surface area (Å²) in [5, 5.41) is 10.7. The van der Waals surface area contributed by atoms with Crippen molar-refractivity contribution in [1.82, 2.24) is 9.97 Å². The third kappa shape index (κ3) is 2.14. The van der Waals surface area contributed by atoms with Crippen LogP contribution in [0.2, 0.25) is 0 Å². The van der Waals surface area contributed by atoms with Gasteiger partial charge in [0.1, 0.15) is 5.60 Å². The average Bonchev–Trinajstić information content (AvgIpc) is 2.81. The van der Waals surface area contributed by atoms with E-state index in [1.807, 2.05) is 13.8 Å². The van der Waals surface area contributed by atoms with Gasteiger partial charge in [0.05, 0.1) is 31.2 Å². The lowest BCUT2D eigenvalue weighted by Crippen LogP contribution is -2.45. The minimum atomic E-state index is -0.926. The van der Waals surface area contributed by atoms with Gasteiger partial charge in [0.15, 0.2) is 0 Å². The lowest BCUT2D eigenvalue weighted by Gasteiger charge is -2.45. The number of hydrogen-bond acceptors (Lipinski definition) is 4. The topological polar surface area (TPSA) is 75.2 Å². The highest BCUT2D eigenvalue weighted by molar-refractivity contribution is 5.73. The lowest BCUT2D eigenvalue weighted by molar-refractivity contribution is -0.158. The normalized spacial score (nSPS) is 31.0. The second-order valence-corrected chi connectivity index (χ2v) is 5.78. The van der Waals surface area contributed by atoms with Gasteiger partial charge in [-0.05, 0) is 24.7 Å². The van der Waals surface area contributed by atoms with Crippen molar-refractivity contribution >= 4 is 5.97 Å². The Hall–Kier alpha value is -1.36. The molecule has 1 heterocycles. The summed E-state index contributed by atoms with van der Waals surface area (Å²) in [5.41, 5.74) is -0.505. The Balaban J connectivity index is 2.22. The van der Waals surface area contributed by atoms with E-state index in [0.717, 1.165) is 5.69 Å². The van der Waals surface area contributed by atoms with Crippen LogP contribution in [0, 0.1) is 11.3 Å². The highest BCUT2D eigenvalue weighted by Gasteiger charge is 2.48. The summed E-state index contributed by atoms with van der Waals surface area (Å²) >= 11 is 0. The third-order valence-corrected chi connectivity index (χ3v) is 4.02. The van der Waals surface area contributed by atoms with E-state index in [-0.39, 0.29) is 17.3 Å². The maximum absolute atomic E-state index is 11.8. The van der Waals surface area contributed by atoms with Crippen LogP contribution >= 0.6 is 0 Å². The predicted molar refractivity (Wildman–Crippen MR) is 65.6 cm³/mol. The summed E-state index contributed by atoms with van der Waals surface area (Å²) in [5.74, 6) is -0.350. The largest absolute Gasteiger partial charge is 0.469 e. The zero-order valence-electron chi connectivity index (χ0n) is 11.1. The van der Waals surface area contributed by atoms with Gasteiger partial charge in [0, 0.05) is 0 Å². The first-order valence-corrected chi connectivity index (χ1v) is 6.18. The number of methoxy groups -OCH3 is 1. The second-order valence-electron chi connectivity index (χ2n) is 5.78. The molecule has 5 nitrogen and oxygen atoms in total. The Morgan fingerprint density at radius 1 is 1.61 bits per heavy atom. The Morgan fingerprint density at radius 3 is 2.83 bits per heavy atom. The van der Waals surface area contributed by atoms with Gasteiger partial charge in [0.2, 0.25) is 0 Å². The molecule has 2 rings (SSSR count). The number of hydrogen-bond donors (Lipinski definition) is 2. The van der Waals surface area contributed by atoms with E-state index in [1.165, 1.54) is 7.11 Å². The molecule has 5 heteroatoms. The zero-order valence-corrected chi connectivity index (χ0v) is 11.1. The number of aliphatic hydroxyl groups is 1. The van der Waals surface area contributed by atoms with Crippen LogP contribution in [-0.2, 0) is 15.1 Å². The van der Waals surface area contributed by atoms with E-state index < -0.39 is 5.60 Å². The van der Waals surface area contributed by atoms with Crippen molar-refractivity contribution in [3.05, 3.63) is 18.2 Å².